The quantitative estimate of drug-likeness (QED) is 0.360. The summed E-state index contributed by atoms with van der Waals surface area (Å²) in [5, 5.41) is 9.13. The molecule has 1 heterocycles. The molecule has 9 heteroatoms. The molecule has 32 heavy (non-hydrogen) atoms. The third kappa shape index (κ3) is 4.96. The van der Waals surface area contributed by atoms with Gasteiger partial charge < -0.3 is 0 Å². The fraction of sp³-hybridized carbons (Fsp3) is 0.130. The first-order chi connectivity index (χ1) is 15.3. The van der Waals surface area contributed by atoms with Gasteiger partial charge in [-0.15, -0.1) is 4.40 Å². The van der Waals surface area contributed by atoms with Crippen molar-refractivity contribution in [3.63, 3.8) is 0 Å². The molecule has 4 rings (SSSR count). The molecule has 3 aromatic carbocycles. The lowest BCUT2D eigenvalue weighted by molar-refractivity contribution is 0.0920. The van der Waals surface area contributed by atoms with Crippen LogP contribution in [0.1, 0.15) is 17.0 Å². The number of benzene rings is 3. The maximum atomic E-state index is 12.5. The third-order valence-electron chi connectivity index (χ3n) is 5.07. The van der Waals surface area contributed by atoms with Gasteiger partial charge in [-0.05, 0) is 47.5 Å². The highest BCUT2D eigenvalue weighted by Gasteiger charge is 2.30. The van der Waals surface area contributed by atoms with Gasteiger partial charge in [0.15, 0.2) is 0 Å². The maximum Gasteiger partial charge on any atom is 0.283 e. The second kappa shape index (κ2) is 9.32. The van der Waals surface area contributed by atoms with Crippen molar-refractivity contribution in [2.24, 2.45) is 9.50 Å². The first-order valence-corrected chi connectivity index (χ1v) is 12.0. The lowest BCUT2D eigenvalue weighted by Crippen LogP contribution is -2.34. The van der Waals surface area contributed by atoms with E-state index in [-0.39, 0.29) is 10.8 Å². The Morgan fingerprint density at radius 3 is 2.19 bits per heavy atom. The van der Waals surface area contributed by atoms with Gasteiger partial charge in [0, 0.05) is 17.1 Å². The Morgan fingerprint density at radius 1 is 0.969 bits per heavy atom. The van der Waals surface area contributed by atoms with Crippen LogP contribution in [-0.4, -0.2) is 44.2 Å². The zero-order valence-electron chi connectivity index (χ0n) is 17.1. The molecule has 0 bridgehead atoms. The average molecular weight is 487 g/mol. The number of sulfonamides is 1. The summed E-state index contributed by atoms with van der Waals surface area (Å²) in [5.74, 6) is 0.00102. The summed E-state index contributed by atoms with van der Waals surface area (Å²) in [6, 6.07) is 23.4. The Bertz CT molecular complexity index is 1250. The van der Waals surface area contributed by atoms with E-state index >= 15 is 0 Å². The highest BCUT2D eigenvalue weighted by Crippen LogP contribution is 2.29. The van der Waals surface area contributed by atoms with Gasteiger partial charge >= 0.3 is 0 Å². The smallest absolute Gasteiger partial charge is 0.261 e. The fourth-order valence-electron chi connectivity index (χ4n) is 3.37. The highest BCUT2D eigenvalue weighted by atomic mass is 35.5. The molecule has 1 unspecified atom stereocenters. The second-order valence-corrected chi connectivity index (χ2v) is 9.74. The van der Waals surface area contributed by atoms with Gasteiger partial charge in [-0.2, -0.15) is 13.5 Å². The largest absolute Gasteiger partial charge is 0.283 e. The molecule has 0 amide bonds. The Hall–Kier alpha value is -2.87. The van der Waals surface area contributed by atoms with E-state index in [4.69, 9.17) is 28.3 Å². The van der Waals surface area contributed by atoms with Crippen LogP contribution in [0, 0.1) is 0 Å². The molecule has 164 valence electrons. The standard InChI is InChI=1S/C23H20Cl2N4O2S/c1-28(16-26-32(30,31)21-13-11-20(25)12-14-21)29-15-22(17-5-3-2-4-6-17)23(27-29)18-7-9-19(24)10-8-18/h2-14,16,22H,15H2,1H3. The Labute approximate surface area is 197 Å². The monoisotopic (exact) mass is 486 g/mol. The summed E-state index contributed by atoms with van der Waals surface area (Å²) in [5.41, 5.74) is 2.93. The number of hydrogen-bond acceptors (Lipinski definition) is 4. The van der Waals surface area contributed by atoms with Crippen molar-refractivity contribution in [1.29, 1.82) is 0 Å². The number of hydrogen-bond donors (Lipinski definition) is 0. The second-order valence-electron chi connectivity index (χ2n) is 7.23. The minimum atomic E-state index is -3.86. The topological polar surface area (TPSA) is 65.3 Å². The van der Waals surface area contributed by atoms with Gasteiger partial charge in [-0.1, -0.05) is 65.7 Å². The van der Waals surface area contributed by atoms with E-state index in [1.165, 1.54) is 30.6 Å². The molecule has 0 aromatic heterocycles. The Balaban J connectivity index is 1.60. The molecule has 0 saturated heterocycles. The average Bonchev–Trinajstić information content (AvgIpc) is 3.24. The molecular weight excluding hydrogens is 467 g/mol. The summed E-state index contributed by atoms with van der Waals surface area (Å²) in [6.45, 7) is 0.533. The van der Waals surface area contributed by atoms with Crippen molar-refractivity contribution in [3.8, 4) is 0 Å². The number of hydrazone groups is 1. The van der Waals surface area contributed by atoms with E-state index < -0.39 is 10.0 Å². The van der Waals surface area contributed by atoms with Crippen LogP contribution in [0.15, 0.2) is 93.3 Å². The molecule has 0 saturated carbocycles. The van der Waals surface area contributed by atoms with E-state index in [0.717, 1.165) is 16.8 Å². The van der Waals surface area contributed by atoms with Crippen LogP contribution in [0.2, 0.25) is 10.0 Å². The van der Waals surface area contributed by atoms with Gasteiger partial charge in [-0.3, -0.25) is 5.01 Å². The van der Waals surface area contributed by atoms with E-state index in [1.54, 1.807) is 17.2 Å². The summed E-state index contributed by atoms with van der Waals surface area (Å²) >= 11 is 11.9. The molecular formula is C23H20Cl2N4O2S. The zero-order valence-corrected chi connectivity index (χ0v) is 19.5. The molecule has 1 atom stereocenters. The van der Waals surface area contributed by atoms with E-state index in [0.29, 0.717) is 16.6 Å². The summed E-state index contributed by atoms with van der Waals surface area (Å²) < 4.78 is 28.9. The molecule has 0 spiro atoms. The van der Waals surface area contributed by atoms with E-state index in [2.05, 4.69) is 16.5 Å². The zero-order chi connectivity index (χ0) is 22.7. The van der Waals surface area contributed by atoms with Crippen LogP contribution in [0.3, 0.4) is 0 Å². The van der Waals surface area contributed by atoms with Crippen molar-refractivity contribution in [1.82, 2.24) is 10.1 Å². The number of hydrazine groups is 1. The lowest BCUT2D eigenvalue weighted by Gasteiger charge is -2.24. The SMILES string of the molecule is CN(C=NS(=O)(=O)c1ccc(Cl)cc1)N1CC(c2ccccc2)C(c2ccc(Cl)cc2)=N1. The van der Waals surface area contributed by atoms with Crippen molar-refractivity contribution in [2.45, 2.75) is 10.8 Å². The molecule has 6 nitrogen and oxygen atoms in total. The van der Waals surface area contributed by atoms with Crippen molar-refractivity contribution >= 4 is 45.3 Å². The van der Waals surface area contributed by atoms with Crippen LogP contribution in [0.5, 0.6) is 0 Å². The first kappa shape index (κ1) is 22.3. The lowest BCUT2D eigenvalue weighted by atomic mass is 9.91. The number of halogens is 2. The molecule has 1 aliphatic heterocycles. The maximum absolute atomic E-state index is 12.5. The Kier molecular flexibility index (Phi) is 6.50. The normalized spacial score (nSPS) is 16.4. The molecule has 3 aromatic rings. The summed E-state index contributed by atoms with van der Waals surface area (Å²) in [4.78, 5) is 0.0699. The molecule has 0 aliphatic carbocycles. The fourth-order valence-corrected chi connectivity index (χ4v) is 4.48. The molecule has 1 aliphatic rings. The van der Waals surface area contributed by atoms with E-state index in [9.17, 15) is 8.42 Å². The Morgan fingerprint density at radius 2 is 1.56 bits per heavy atom. The molecule has 0 N–H and O–H groups in total. The predicted octanol–water partition coefficient (Wildman–Crippen LogP) is 5.06. The third-order valence-corrected chi connectivity index (χ3v) is 6.81. The minimum absolute atomic E-state index is 0.00102. The van der Waals surface area contributed by atoms with Gasteiger partial charge in [0.1, 0.15) is 6.34 Å². The van der Waals surface area contributed by atoms with Gasteiger partial charge in [0.25, 0.3) is 10.0 Å². The minimum Gasteiger partial charge on any atom is -0.261 e. The number of nitrogens with zero attached hydrogens (tertiary/aromatic N) is 4. The van der Waals surface area contributed by atoms with Gasteiger partial charge in [0.05, 0.1) is 23.1 Å². The first-order valence-electron chi connectivity index (χ1n) is 9.79. The van der Waals surface area contributed by atoms with Crippen LogP contribution >= 0.6 is 23.2 Å². The highest BCUT2D eigenvalue weighted by molar-refractivity contribution is 7.90. The number of rotatable bonds is 6. The van der Waals surface area contributed by atoms with Crippen molar-refractivity contribution in [2.75, 3.05) is 13.6 Å². The summed E-state index contributed by atoms with van der Waals surface area (Å²) in [6.07, 6.45) is 1.25. The summed E-state index contributed by atoms with van der Waals surface area (Å²) in [7, 11) is -2.15. The van der Waals surface area contributed by atoms with Crippen LogP contribution in [0.4, 0.5) is 0 Å². The van der Waals surface area contributed by atoms with Gasteiger partial charge in [0.2, 0.25) is 0 Å². The molecule has 0 fully saturated rings. The molecule has 0 radical (unpaired) electrons. The van der Waals surface area contributed by atoms with Crippen molar-refractivity contribution in [3.05, 3.63) is 100 Å². The van der Waals surface area contributed by atoms with Crippen LogP contribution < -0.4 is 0 Å². The van der Waals surface area contributed by atoms with Crippen LogP contribution in [0.25, 0.3) is 0 Å². The van der Waals surface area contributed by atoms with Crippen molar-refractivity contribution < 1.29 is 8.42 Å². The van der Waals surface area contributed by atoms with E-state index in [1.807, 2.05) is 42.5 Å². The van der Waals surface area contributed by atoms with Gasteiger partial charge in [-0.25, -0.2) is 5.12 Å². The van der Waals surface area contributed by atoms with Crippen LogP contribution in [-0.2, 0) is 10.0 Å². The predicted molar refractivity (Wildman–Crippen MR) is 129 cm³/mol.